The molecule has 0 aliphatic carbocycles. The van der Waals surface area contributed by atoms with E-state index in [0.29, 0.717) is 44.8 Å². The van der Waals surface area contributed by atoms with E-state index in [-0.39, 0.29) is 39.2 Å². The van der Waals surface area contributed by atoms with E-state index < -0.39 is 35.2 Å². The van der Waals surface area contributed by atoms with Gasteiger partial charge in [0, 0.05) is 38.6 Å². The maximum atomic E-state index is 14.1. The molecule has 9 aromatic rings. The first-order valence-corrected chi connectivity index (χ1v) is 18.6. The molecule has 0 saturated carbocycles. The van der Waals surface area contributed by atoms with Crippen LogP contribution in [0.25, 0.3) is 83.9 Å². The number of nitrogens with zero attached hydrogens (tertiary/aromatic N) is 4. The molecular formula is C48H27F9N4. The third-order valence-corrected chi connectivity index (χ3v) is 10.3. The van der Waals surface area contributed by atoms with Gasteiger partial charge >= 0.3 is 18.5 Å². The van der Waals surface area contributed by atoms with Gasteiger partial charge in [0.05, 0.1) is 33.4 Å². The number of benzene rings is 7. The summed E-state index contributed by atoms with van der Waals surface area (Å²) in [5, 5.41) is 0.658. The summed E-state index contributed by atoms with van der Waals surface area (Å²) < 4.78 is 128. The maximum absolute atomic E-state index is 14.1. The second kappa shape index (κ2) is 14.8. The van der Waals surface area contributed by atoms with Crippen LogP contribution in [0.3, 0.4) is 0 Å². The molecule has 0 saturated heterocycles. The second-order valence-corrected chi connectivity index (χ2v) is 14.2. The van der Waals surface area contributed by atoms with Crippen LogP contribution in [0.15, 0.2) is 164 Å². The van der Waals surface area contributed by atoms with Crippen molar-refractivity contribution in [1.82, 2.24) is 19.5 Å². The zero-order valence-electron chi connectivity index (χ0n) is 31.3. The summed E-state index contributed by atoms with van der Waals surface area (Å²) >= 11 is 0. The summed E-state index contributed by atoms with van der Waals surface area (Å²) in [5.74, 6) is 0.727. The van der Waals surface area contributed by atoms with Crippen LogP contribution >= 0.6 is 0 Å². The first-order chi connectivity index (χ1) is 29.1. The Balaban J connectivity index is 1.42. The lowest BCUT2D eigenvalue weighted by Crippen LogP contribution is -2.07. The highest BCUT2D eigenvalue weighted by Gasteiger charge is 2.33. The Morgan fingerprint density at radius 3 is 1.18 bits per heavy atom. The molecule has 0 spiro atoms. The summed E-state index contributed by atoms with van der Waals surface area (Å²) in [4.78, 5) is 14.5. The van der Waals surface area contributed by atoms with Crippen molar-refractivity contribution >= 4 is 21.8 Å². The van der Waals surface area contributed by atoms with Crippen molar-refractivity contribution in [1.29, 1.82) is 0 Å². The fourth-order valence-corrected chi connectivity index (χ4v) is 7.45. The quantitative estimate of drug-likeness (QED) is 0.157. The molecule has 0 fully saturated rings. The van der Waals surface area contributed by atoms with E-state index in [1.54, 1.807) is 41.0 Å². The van der Waals surface area contributed by atoms with Crippen molar-refractivity contribution in [2.75, 3.05) is 0 Å². The highest BCUT2D eigenvalue weighted by atomic mass is 19.4. The Hall–Kier alpha value is -7.28. The van der Waals surface area contributed by atoms with Gasteiger partial charge in [-0.2, -0.15) is 39.5 Å². The Morgan fingerprint density at radius 1 is 0.328 bits per heavy atom. The number of halogens is 9. The Morgan fingerprint density at radius 2 is 0.721 bits per heavy atom. The lowest BCUT2D eigenvalue weighted by molar-refractivity contribution is -0.138. The minimum atomic E-state index is -4.68. The highest BCUT2D eigenvalue weighted by Crippen LogP contribution is 2.46. The molecule has 0 aliphatic rings. The van der Waals surface area contributed by atoms with Crippen molar-refractivity contribution < 1.29 is 39.5 Å². The average Bonchev–Trinajstić information content (AvgIpc) is 3.59. The maximum Gasteiger partial charge on any atom is 0.416 e. The first kappa shape index (κ1) is 39.2. The SMILES string of the molecule is FC(F)(F)c1ccc(-c2cc(-c3nc(-c4ccccc4)nc(-c4ccccc4)n3)cc(-c3ccc(C(F)(F)F)cc3)c2-n2c3ccccc3c3cc(C(F)(F)F)ccc32)cc1. The average molecular weight is 831 g/mol. The fraction of sp³-hybridized carbons (Fsp3) is 0.0625. The Labute approximate surface area is 341 Å². The largest absolute Gasteiger partial charge is 0.416 e. The van der Waals surface area contributed by atoms with Crippen LogP contribution in [0.4, 0.5) is 39.5 Å². The lowest BCUT2D eigenvalue weighted by Gasteiger charge is -2.21. The molecule has 9 rings (SSSR count). The summed E-state index contributed by atoms with van der Waals surface area (Å²) in [6, 6.07) is 40.2. The molecule has 2 aromatic heterocycles. The van der Waals surface area contributed by atoms with Crippen molar-refractivity contribution in [3.63, 3.8) is 0 Å². The minimum absolute atomic E-state index is 0.137. The summed E-state index contributed by atoms with van der Waals surface area (Å²) in [7, 11) is 0. The van der Waals surface area contributed by atoms with Gasteiger partial charge < -0.3 is 4.57 Å². The number of rotatable bonds is 6. The predicted molar refractivity (Wildman–Crippen MR) is 216 cm³/mol. The number of aromatic nitrogens is 4. The lowest BCUT2D eigenvalue weighted by atomic mass is 9.91. The molecule has 13 heteroatoms. The predicted octanol–water partition coefficient (Wildman–Crippen LogP) is 14.4. The normalized spacial score (nSPS) is 12.3. The molecule has 0 amide bonds. The standard InChI is InChI=1S/C48H27F9N4/c49-46(50,51)33-19-15-28(16-20-33)37-25-32(45-59-43(30-9-3-1-4-10-30)58-44(60-45)31-11-5-2-6-12-31)26-38(29-17-21-34(22-18-29)47(52,53)54)42(37)61-40-14-8-7-13-36(40)39-27-35(48(55,56)57)23-24-41(39)61/h1-27H. The highest BCUT2D eigenvalue weighted by molar-refractivity contribution is 6.11. The number of hydrogen-bond acceptors (Lipinski definition) is 3. The minimum Gasteiger partial charge on any atom is -0.308 e. The zero-order chi connectivity index (χ0) is 42.7. The topological polar surface area (TPSA) is 43.6 Å². The molecule has 61 heavy (non-hydrogen) atoms. The van der Waals surface area contributed by atoms with Gasteiger partial charge in [0.2, 0.25) is 0 Å². The smallest absolute Gasteiger partial charge is 0.308 e. The van der Waals surface area contributed by atoms with Crippen LogP contribution in [0, 0.1) is 0 Å². The van der Waals surface area contributed by atoms with Gasteiger partial charge in [0.25, 0.3) is 0 Å². The summed E-state index contributed by atoms with van der Waals surface area (Å²) in [5.41, 5.74) is 0.972. The Kier molecular flexibility index (Phi) is 9.49. The molecular weight excluding hydrogens is 804 g/mol. The van der Waals surface area contributed by atoms with Gasteiger partial charge in [-0.3, -0.25) is 0 Å². The molecule has 4 nitrogen and oxygen atoms in total. The van der Waals surface area contributed by atoms with Crippen LogP contribution in [-0.4, -0.2) is 19.5 Å². The van der Waals surface area contributed by atoms with Gasteiger partial charge in [0.15, 0.2) is 17.5 Å². The van der Waals surface area contributed by atoms with E-state index in [9.17, 15) is 39.5 Å². The molecule has 2 heterocycles. The molecule has 0 atom stereocenters. The van der Waals surface area contributed by atoms with E-state index in [1.807, 2.05) is 60.7 Å². The molecule has 0 radical (unpaired) electrons. The van der Waals surface area contributed by atoms with Crippen molar-refractivity contribution in [2.24, 2.45) is 0 Å². The van der Waals surface area contributed by atoms with Gasteiger partial charge in [-0.05, 0) is 71.8 Å². The van der Waals surface area contributed by atoms with Gasteiger partial charge in [0.1, 0.15) is 0 Å². The summed E-state index contributed by atoms with van der Waals surface area (Å²) in [6.45, 7) is 0. The van der Waals surface area contributed by atoms with Crippen molar-refractivity contribution in [2.45, 2.75) is 18.5 Å². The van der Waals surface area contributed by atoms with E-state index >= 15 is 0 Å². The number of hydrogen-bond donors (Lipinski definition) is 0. The van der Waals surface area contributed by atoms with E-state index in [0.717, 1.165) is 36.4 Å². The Bertz CT molecular complexity index is 2930. The van der Waals surface area contributed by atoms with Crippen LogP contribution < -0.4 is 0 Å². The van der Waals surface area contributed by atoms with Gasteiger partial charge in [-0.15, -0.1) is 0 Å². The second-order valence-electron chi connectivity index (χ2n) is 14.2. The van der Waals surface area contributed by atoms with Gasteiger partial charge in [-0.25, -0.2) is 15.0 Å². The van der Waals surface area contributed by atoms with Gasteiger partial charge in [-0.1, -0.05) is 103 Å². The number of fused-ring (bicyclic) bond motifs is 3. The molecule has 0 N–H and O–H groups in total. The third-order valence-electron chi connectivity index (χ3n) is 10.3. The van der Waals surface area contributed by atoms with Crippen LogP contribution in [0.2, 0.25) is 0 Å². The van der Waals surface area contributed by atoms with Crippen LogP contribution in [0.1, 0.15) is 16.7 Å². The third kappa shape index (κ3) is 7.47. The van der Waals surface area contributed by atoms with Crippen LogP contribution in [-0.2, 0) is 18.5 Å². The number of alkyl halides is 9. The molecule has 7 aromatic carbocycles. The molecule has 0 bridgehead atoms. The van der Waals surface area contributed by atoms with E-state index in [1.165, 1.54) is 30.3 Å². The molecule has 0 unspecified atom stereocenters. The summed E-state index contributed by atoms with van der Waals surface area (Å²) in [6.07, 6.45) is -14.0. The van der Waals surface area contributed by atoms with Crippen molar-refractivity contribution in [3.05, 3.63) is 180 Å². The monoisotopic (exact) mass is 830 g/mol. The van der Waals surface area contributed by atoms with E-state index in [4.69, 9.17) is 15.0 Å². The first-order valence-electron chi connectivity index (χ1n) is 18.6. The van der Waals surface area contributed by atoms with Crippen molar-refractivity contribution in [3.8, 4) is 62.1 Å². The van der Waals surface area contributed by atoms with Crippen LogP contribution in [0.5, 0.6) is 0 Å². The molecule has 302 valence electrons. The number of para-hydroxylation sites is 1. The van der Waals surface area contributed by atoms with E-state index in [2.05, 4.69) is 0 Å². The molecule has 0 aliphatic heterocycles. The zero-order valence-corrected chi connectivity index (χ0v) is 31.3. The fourth-order valence-electron chi connectivity index (χ4n) is 7.45.